The van der Waals surface area contributed by atoms with E-state index in [0.717, 1.165) is 18.0 Å². The lowest BCUT2D eigenvalue weighted by Gasteiger charge is -2.51. The molecule has 100 valence electrons. The SMILES string of the molecule is CCC1CCC(C)N(C2CCNCC2(C)C)C1. The summed E-state index contributed by atoms with van der Waals surface area (Å²) >= 11 is 0. The molecule has 2 nitrogen and oxygen atoms in total. The highest BCUT2D eigenvalue weighted by Crippen LogP contribution is 2.35. The van der Waals surface area contributed by atoms with Crippen molar-refractivity contribution in [2.45, 2.75) is 65.5 Å². The lowest BCUT2D eigenvalue weighted by Crippen LogP contribution is -2.59. The molecular formula is C15H30N2. The Balaban J connectivity index is 2.07. The third-order valence-electron chi connectivity index (χ3n) is 5.08. The van der Waals surface area contributed by atoms with E-state index < -0.39 is 0 Å². The number of nitrogens with zero attached hydrogens (tertiary/aromatic N) is 1. The first kappa shape index (κ1) is 13.4. The topological polar surface area (TPSA) is 15.3 Å². The molecule has 3 unspecified atom stereocenters. The van der Waals surface area contributed by atoms with Gasteiger partial charge in [-0.15, -0.1) is 0 Å². The first-order valence-corrected chi connectivity index (χ1v) is 7.51. The molecule has 2 heterocycles. The highest BCUT2D eigenvalue weighted by atomic mass is 15.2. The third-order valence-corrected chi connectivity index (χ3v) is 5.08. The van der Waals surface area contributed by atoms with Crippen LogP contribution in [0.2, 0.25) is 0 Å². The van der Waals surface area contributed by atoms with Gasteiger partial charge in [0.1, 0.15) is 0 Å². The number of hydrogen-bond acceptors (Lipinski definition) is 2. The molecule has 0 bridgehead atoms. The normalized spacial score (nSPS) is 39.2. The Labute approximate surface area is 107 Å². The van der Waals surface area contributed by atoms with Crippen LogP contribution >= 0.6 is 0 Å². The quantitative estimate of drug-likeness (QED) is 0.796. The molecule has 0 aliphatic carbocycles. The number of nitrogens with one attached hydrogen (secondary N) is 1. The molecule has 0 aromatic carbocycles. The second kappa shape index (κ2) is 5.27. The molecule has 0 aromatic heterocycles. The van der Waals surface area contributed by atoms with Crippen molar-refractivity contribution in [2.24, 2.45) is 11.3 Å². The first-order valence-electron chi connectivity index (χ1n) is 7.51. The minimum Gasteiger partial charge on any atom is -0.316 e. The Morgan fingerprint density at radius 1 is 1.24 bits per heavy atom. The van der Waals surface area contributed by atoms with E-state index in [9.17, 15) is 0 Å². The van der Waals surface area contributed by atoms with Gasteiger partial charge in [0.05, 0.1) is 0 Å². The predicted octanol–water partition coefficient (Wildman–Crippen LogP) is 2.89. The zero-order valence-corrected chi connectivity index (χ0v) is 12.1. The van der Waals surface area contributed by atoms with E-state index in [-0.39, 0.29) is 0 Å². The Kier molecular flexibility index (Phi) is 4.14. The van der Waals surface area contributed by atoms with Gasteiger partial charge in [-0.2, -0.15) is 0 Å². The monoisotopic (exact) mass is 238 g/mol. The molecule has 2 aliphatic heterocycles. The van der Waals surface area contributed by atoms with Crippen LogP contribution < -0.4 is 5.32 Å². The Morgan fingerprint density at radius 3 is 2.65 bits per heavy atom. The minimum atomic E-state index is 0.433. The van der Waals surface area contributed by atoms with E-state index in [2.05, 4.69) is 37.9 Å². The van der Waals surface area contributed by atoms with Gasteiger partial charge in [-0.3, -0.25) is 4.90 Å². The highest BCUT2D eigenvalue weighted by molar-refractivity contribution is 4.95. The van der Waals surface area contributed by atoms with Gasteiger partial charge in [-0.05, 0) is 44.1 Å². The van der Waals surface area contributed by atoms with Gasteiger partial charge in [-0.25, -0.2) is 0 Å². The first-order chi connectivity index (χ1) is 8.04. The molecule has 17 heavy (non-hydrogen) atoms. The third kappa shape index (κ3) is 2.85. The van der Waals surface area contributed by atoms with Crippen molar-refractivity contribution in [1.29, 1.82) is 0 Å². The Hall–Kier alpha value is -0.0800. The van der Waals surface area contributed by atoms with Gasteiger partial charge in [0, 0.05) is 25.2 Å². The van der Waals surface area contributed by atoms with Crippen molar-refractivity contribution in [3.63, 3.8) is 0 Å². The van der Waals surface area contributed by atoms with E-state index in [1.165, 1.54) is 45.3 Å². The molecule has 0 aromatic rings. The molecule has 1 N–H and O–H groups in total. The predicted molar refractivity (Wildman–Crippen MR) is 74.2 cm³/mol. The van der Waals surface area contributed by atoms with Crippen molar-refractivity contribution < 1.29 is 0 Å². The van der Waals surface area contributed by atoms with Crippen LogP contribution in [-0.4, -0.2) is 36.6 Å². The average Bonchev–Trinajstić information content (AvgIpc) is 2.30. The fraction of sp³-hybridized carbons (Fsp3) is 1.00. The van der Waals surface area contributed by atoms with Crippen molar-refractivity contribution >= 4 is 0 Å². The van der Waals surface area contributed by atoms with Gasteiger partial charge in [0.15, 0.2) is 0 Å². The molecule has 3 atom stereocenters. The molecule has 2 aliphatic rings. The van der Waals surface area contributed by atoms with Gasteiger partial charge in [-0.1, -0.05) is 27.2 Å². The largest absolute Gasteiger partial charge is 0.316 e. The van der Waals surface area contributed by atoms with Gasteiger partial charge >= 0.3 is 0 Å². The van der Waals surface area contributed by atoms with Crippen LogP contribution in [0.4, 0.5) is 0 Å². The average molecular weight is 238 g/mol. The summed E-state index contributed by atoms with van der Waals surface area (Å²) in [6.45, 7) is 13.4. The summed E-state index contributed by atoms with van der Waals surface area (Å²) in [6.07, 6.45) is 5.53. The maximum atomic E-state index is 3.56. The van der Waals surface area contributed by atoms with Gasteiger partial charge in [0.25, 0.3) is 0 Å². The van der Waals surface area contributed by atoms with E-state index in [4.69, 9.17) is 0 Å². The molecule has 2 fully saturated rings. The number of likely N-dealkylation sites (tertiary alicyclic amines) is 1. The van der Waals surface area contributed by atoms with Crippen LogP contribution in [-0.2, 0) is 0 Å². The van der Waals surface area contributed by atoms with E-state index in [0.29, 0.717) is 5.41 Å². The standard InChI is InChI=1S/C15H30N2/c1-5-13-7-6-12(2)17(10-13)14-8-9-16-11-15(14,3)4/h12-14,16H,5-11H2,1-4H3. The van der Waals surface area contributed by atoms with Gasteiger partial charge < -0.3 is 5.32 Å². The number of piperidine rings is 2. The maximum absolute atomic E-state index is 3.56. The Bertz CT molecular complexity index is 249. The van der Waals surface area contributed by atoms with Crippen LogP contribution in [0, 0.1) is 11.3 Å². The summed E-state index contributed by atoms with van der Waals surface area (Å²) in [5.74, 6) is 0.942. The lowest BCUT2D eigenvalue weighted by atomic mass is 9.76. The lowest BCUT2D eigenvalue weighted by molar-refractivity contribution is -0.00428. The van der Waals surface area contributed by atoms with Crippen molar-refractivity contribution in [3.05, 3.63) is 0 Å². The van der Waals surface area contributed by atoms with Crippen LogP contribution in [0.25, 0.3) is 0 Å². The summed E-state index contributed by atoms with van der Waals surface area (Å²) in [4.78, 5) is 2.83. The molecule has 0 saturated carbocycles. The molecule has 2 rings (SSSR count). The highest BCUT2D eigenvalue weighted by Gasteiger charge is 2.39. The molecule has 2 heteroatoms. The molecule has 0 amide bonds. The van der Waals surface area contributed by atoms with Crippen molar-refractivity contribution in [2.75, 3.05) is 19.6 Å². The summed E-state index contributed by atoms with van der Waals surface area (Å²) in [5, 5.41) is 3.56. The molecular weight excluding hydrogens is 208 g/mol. The smallest absolute Gasteiger partial charge is 0.0173 e. The Morgan fingerprint density at radius 2 is 2.00 bits per heavy atom. The fourth-order valence-corrected chi connectivity index (χ4v) is 3.75. The zero-order valence-electron chi connectivity index (χ0n) is 12.1. The summed E-state index contributed by atoms with van der Waals surface area (Å²) < 4.78 is 0. The number of hydrogen-bond donors (Lipinski definition) is 1. The number of rotatable bonds is 2. The molecule has 2 saturated heterocycles. The summed E-state index contributed by atoms with van der Waals surface area (Å²) in [7, 11) is 0. The zero-order chi connectivity index (χ0) is 12.5. The maximum Gasteiger partial charge on any atom is 0.0173 e. The fourth-order valence-electron chi connectivity index (χ4n) is 3.75. The van der Waals surface area contributed by atoms with E-state index in [1.807, 2.05) is 0 Å². The van der Waals surface area contributed by atoms with Crippen LogP contribution in [0.3, 0.4) is 0 Å². The van der Waals surface area contributed by atoms with Crippen molar-refractivity contribution in [1.82, 2.24) is 10.2 Å². The molecule has 0 spiro atoms. The second-order valence-corrected chi connectivity index (χ2v) is 6.87. The van der Waals surface area contributed by atoms with Crippen LogP contribution in [0.15, 0.2) is 0 Å². The van der Waals surface area contributed by atoms with E-state index >= 15 is 0 Å². The molecule has 0 radical (unpaired) electrons. The van der Waals surface area contributed by atoms with Crippen molar-refractivity contribution in [3.8, 4) is 0 Å². The minimum absolute atomic E-state index is 0.433. The van der Waals surface area contributed by atoms with Gasteiger partial charge in [0.2, 0.25) is 0 Å². The van der Waals surface area contributed by atoms with Crippen LogP contribution in [0.5, 0.6) is 0 Å². The summed E-state index contributed by atoms with van der Waals surface area (Å²) in [6, 6.07) is 1.58. The van der Waals surface area contributed by atoms with Crippen LogP contribution in [0.1, 0.15) is 53.4 Å². The summed E-state index contributed by atoms with van der Waals surface area (Å²) in [5.41, 5.74) is 0.433. The second-order valence-electron chi connectivity index (χ2n) is 6.87. The van der Waals surface area contributed by atoms with E-state index in [1.54, 1.807) is 0 Å².